The number of aromatic amines is 1. The normalized spacial score (nSPS) is 11.7. The zero-order valence-corrected chi connectivity index (χ0v) is 19.5. The minimum Gasteiger partial charge on any atom is -0.444 e. The van der Waals surface area contributed by atoms with Crippen molar-refractivity contribution in [1.82, 2.24) is 9.97 Å². The maximum atomic E-state index is 12.8. The van der Waals surface area contributed by atoms with E-state index in [1.165, 1.54) is 10.9 Å². The molecule has 33 heavy (non-hydrogen) atoms. The Labute approximate surface area is 191 Å². The summed E-state index contributed by atoms with van der Waals surface area (Å²) < 4.78 is 10.8. The number of rotatable bonds is 5. The number of nitrogens with one attached hydrogen (secondary N) is 2. The van der Waals surface area contributed by atoms with Crippen molar-refractivity contribution in [1.29, 1.82) is 0 Å². The van der Waals surface area contributed by atoms with Crippen LogP contribution in [0.1, 0.15) is 31.9 Å². The van der Waals surface area contributed by atoms with Gasteiger partial charge in [0.05, 0.1) is 10.9 Å². The number of aromatic nitrogens is 2. The third-order valence-electron chi connectivity index (χ3n) is 5.40. The van der Waals surface area contributed by atoms with E-state index in [4.69, 9.17) is 9.15 Å². The molecule has 0 bridgehead atoms. The summed E-state index contributed by atoms with van der Waals surface area (Å²) in [5.74, 6) is 0. The van der Waals surface area contributed by atoms with E-state index in [-0.39, 0.29) is 6.01 Å². The van der Waals surface area contributed by atoms with Gasteiger partial charge in [0.1, 0.15) is 5.60 Å². The molecule has 2 aromatic carbocycles. The molecule has 0 aliphatic heterocycles. The van der Waals surface area contributed by atoms with Crippen molar-refractivity contribution >= 4 is 39.6 Å². The van der Waals surface area contributed by atoms with Crippen LogP contribution >= 0.6 is 0 Å². The Bertz CT molecular complexity index is 1380. The summed E-state index contributed by atoms with van der Waals surface area (Å²) in [6, 6.07) is 11.8. The van der Waals surface area contributed by atoms with E-state index in [0.717, 1.165) is 11.9 Å². The molecule has 8 heteroatoms. The third kappa shape index (κ3) is 4.84. The lowest BCUT2D eigenvalue weighted by atomic mass is 10.1. The zero-order chi connectivity index (χ0) is 23.8. The highest BCUT2D eigenvalue weighted by Gasteiger charge is 2.19. The lowest BCUT2D eigenvalue weighted by Crippen LogP contribution is -2.27. The van der Waals surface area contributed by atoms with E-state index in [0.29, 0.717) is 28.7 Å². The van der Waals surface area contributed by atoms with Gasteiger partial charge < -0.3 is 19.0 Å². The lowest BCUT2D eigenvalue weighted by molar-refractivity contribution is 0.0636. The number of hydrogen-bond donors (Lipinski definition) is 2. The number of amides is 1. The number of aryl methyl sites for hydroxylation is 1. The summed E-state index contributed by atoms with van der Waals surface area (Å²) in [6.45, 7) is 7.73. The quantitative estimate of drug-likeness (QED) is 0.445. The number of fused-ring (bicyclic) bond motifs is 2. The highest BCUT2D eigenvalue weighted by Crippen LogP contribution is 2.25. The van der Waals surface area contributed by atoms with Crippen molar-refractivity contribution in [2.24, 2.45) is 0 Å². The minimum atomic E-state index is -0.623. The van der Waals surface area contributed by atoms with Gasteiger partial charge in [-0.3, -0.25) is 5.32 Å². The molecule has 0 aliphatic carbocycles. The molecule has 0 unspecified atom stereocenters. The van der Waals surface area contributed by atoms with E-state index in [1.807, 2.05) is 36.3 Å². The van der Waals surface area contributed by atoms with Crippen LogP contribution in [-0.4, -0.2) is 35.3 Å². The second-order valence-electron chi connectivity index (χ2n) is 9.07. The smallest absolute Gasteiger partial charge is 0.412 e. The molecule has 1 amide bonds. The maximum Gasteiger partial charge on any atom is 0.412 e. The Morgan fingerprint density at radius 3 is 2.73 bits per heavy atom. The molecule has 172 valence electrons. The molecule has 2 N–H and O–H groups in total. The van der Waals surface area contributed by atoms with E-state index in [2.05, 4.69) is 21.4 Å². The van der Waals surface area contributed by atoms with Crippen LogP contribution in [0.25, 0.3) is 21.8 Å². The first-order chi connectivity index (χ1) is 15.6. The molecule has 8 nitrogen and oxygen atoms in total. The SMILES string of the molecule is Cc1c(NC(=O)OC(C)(C)C)ccc2nc(N(C)CCc3c[nH]c4ccccc34)oc(=O)c12. The number of nitrogens with zero attached hydrogens (tertiary/aromatic N) is 2. The molecule has 2 aromatic heterocycles. The summed E-state index contributed by atoms with van der Waals surface area (Å²) in [7, 11) is 1.84. The van der Waals surface area contributed by atoms with Crippen LogP contribution in [-0.2, 0) is 11.2 Å². The van der Waals surface area contributed by atoms with Gasteiger partial charge in [0.25, 0.3) is 6.01 Å². The van der Waals surface area contributed by atoms with Gasteiger partial charge in [-0.1, -0.05) is 18.2 Å². The number of ether oxygens (including phenoxy) is 1. The topological polar surface area (TPSA) is 100 Å². The van der Waals surface area contributed by atoms with Crippen LogP contribution in [0.15, 0.2) is 51.8 Å². The van der Waals surface area contributed by atoms with Gasteiger partial charge in [-0.15, -0.1) is 0 Å². The molecule has 0 spiro atoms. The van der Waals surface area contributed by atoms with Gasteiger partial charge in [0.15, 0.2) is 0 Å². The molecule has 4 aromatic rings. The first-order valence-corrected chi connectivity index (χ1v) is 10.8. The first kappa shape index (κ1) is 22.4. The summed E-state index contributed by atoms with van der Waals surface area (Å²) in [5, 5.41) is 4.20. The summed E-state index contributed by atoms with van der Waals surface area (Å²) >= 11 is 0. The number of carbonyl (C=O) groups is 1. The predicted octanol–water partition coefficient (Wildman–Crippen LogP) is 5.00. The largest absolute Gasteiger partial charge is 0.444 e. The minimum absolute atomic E-state index is 0.250. The van der Waals surface area contributed by atoms with Crippen molar-refractivity contribution < 1.29 is 13.9 Å². The Morgan fingerprint density at radius 1 is 1.21 bits per heavy atom. The maximum absolute atomic E-state index is 12.8. The molecule has 0 saturated carbocycles. The van der Waals surface area contributed by atoms with E-state index in [9.17, 15) is 9.59 Å². The molecular formula is C25H28N4O4. The van der Waals surface area contributed by atoms with Crippen molar-refractivity contribution in [3.05, 3.63) is 64.1 Å². The molecule has 0 radical (unpaired) electrons. The number of hydrogen-bond acceptors (Lipinski definition) is 6. The second kappa shape index (κ2) is 8.61. The number of para-hydroxylation sites is 1. The van der Waals surface area contributed by atoms with Crippen LogP contribution in [0.4, 0.5) is 16.5 Å². The Hall–Kier alpha value is -3.81. The molecule has 4 rings (SSSR count). The van der Waals surface area contributed by atoms with E-state index in [1.54, 1.807) is 39.8 Å². The molecule has 0 fully saturated rings. The van der Waals surface area contributed by atoms with Gasteiger partial charge in [-0.25, -0.2) is 9.59 Å². The molecule has 0 aliphatic rings. The Balaban J connectivity index is 1.54. The van der Waals surface area contributed by atoms with Crippen LogP contribution in [0.2, 0.25) is 0 Å². The number of H-pyrrole nitrogens is 1. The molecule has 2 heterocycles. The number of likely N-dealkylation sites (N-methyl/N-ethyl adjacent to an activating group) is 1. The van der Waals surface area contributed by atoms with E-state index >= 15 is 0 Å². The highest BCUT2D eigenvalue weighted by atomic mass is 16.6. The Morgan fingerprint density at radius 2 is 1.97 bits per heavy atom. The fourth-order valence-corrected chi connectivity index (χ4v) is 3.74. The summed E-state index contributed by atoms with van der Waals surface area (Å²) in [4.78, 5) is 34.6. The molecule has 0 atom stereocenters. The standard InChI is InChI=1S/C25H28N4O4/c1-15-18(28-24(31)33-25(2,3)4)10-11-20-21(15)22(30)32-23(27-20)29(5)13-12-16-14-26-19-9-7-6-8-17(16)19/h6-11,14,26H,12-13H2,1-5H3,(H,28,31). The monoisotopic (exact) mass is 448 g/mol. The van der Waals surface area contributed by atoms with Crippen LogP contribution in [0.3, 0.4) is 0 Å². The van der Waals surface area contributed by atoms with Crippen LogP contribution < -0.4 is 15.8 Å². The van der Waals surface area contributed by atoms with Crippen molar-refractivity contribution in [2.45, 2.75) is 39.7 Å². The second-order valence-corrected chi connectivity index (χ2v) is 9.07. The number of carbonyl (C=O) groups excluding carboxylic acids is 1. The third-order valence-corrected chi connectivity index (χ3v) is 5.40. The van der Waals surface area contributed by atoms with Crippen molar-refractivity contribution in [3.8, 4) is 0 Å². The van der Waals surface area contributed by atoms with E-state index < -0.39 is 17.3 Å². The first-order valence-electron chi connectivity index (χ1n) is 10.8. The Kier molecular flexibility index (Phi) is 5.84. The highest BCUT2D eigenvalue weighted by molar-refractivity contribution is 5.93. The van der Waals surface area contributed by atoms with Gasteiger partial charge >= 0.3 is 11.7 Å². The predicted molar refractivity (Wildman–Crippen MR) is 130 cm³/mol. The summed E-state index contributed by atoms with van der Waals surface area (Å²) in [6.07, 6.45) is 2.18. The lowest BCUT2D eigenvalue weighted by Gasteiger charge is -2.20. The van der Waals surface area contributed by atoms with Gasteiger partial charge in [-0.05, 0) is 63.4 Å². The van der Waals surface area contributed by atoms with Crippen LogP contribution in [0.5, 0.6) is 0 Å². The zero-order valence-electron chi connectivity index (χ0n) is 19.5. The molecule has 0 saturated heterocycles. The van der Waals surface area contributed by atoms with Crippen molar-refractivity contribution in [3.63, 3.8) is 0 Å². The number of benzene rings is 2. The fraction of sp³-hybridized carbons (Fsp3) is 0.320. The van der Waals surface area contributed by atoms with Crippen LogP contribution in [0, 0.1) is 6.92 Å². The number of anilines is 2. The average Bonchev–Trinajstić information content (AvgIpc) is 3.15. The average molecular weight is 449 g/mol. The van der Waals surface area contributed by atoms with Crippen molar-refractivity contribution in [2.75, 3.05) is 23.8 Å². The van der Waals surface area contributed by atoms with Gasteiger partial charge in [-0.2, -0.15) is 4.98 Å². The van der Waals surface area contributed by atoms with Gasteiger partial charge in [0.2, 0.25) is 0 Å². The molecular weight excluding hydrogens is 420 g/mol. The fourth-order valence-electron chi connectivity index (χ4n) is 3.74. The van der Waals surface area contributed by atoms with Gasteiger partial charge in [0, 0.05) is 36.4 Å². The summed E-state index contributed by atoms with van der Waals surface area (Å²) in [5.41, 5.74) is 2.72.